The van der Waals surface area contributed by atoms with Crippen LogP contribution in [0.4, 0.5) is 10.6 Å². The number of aliphatic hydroxyl groups excluding tert-OH is 1. The molecule has 12 nitrogen and oxygen atoms in total. The molecule has 1 fully saturated rings. The molecule has 0 bridgehead atoms. The number of imidazole rings is 1. The lowest BCUT2D eigenvalue weighted by Crippen LogP contribution is -2.43. The van der Waals surface area contributed by atoms with Crippen LogP contribution in [0.3, 0.4) is 0 Å². The number of aliphatic hydroxyl groups is 1. The summed E-state index contributed by atoms with van der Waals surface area (Å²) in [6.07, 6.45) is 2.78. The molecule has 3 rings (SSSR count). The van der Waals surface area contributed by atoms with Crippen LogP contribution in [0.25, 0.3) is 11.2 Å². The predicted molar refractivity (Wildman–Crippen MR) is 135 cm³/mol. The minimum atomic E-state index is -1.06. The van der Waals surface area contributed by atoms with Crippen molar-refractivity contribution in [3.8, 4) is 11.8 Å². The summed E-state index contributed by atoms with van der Waals surface area (Å²) < 4.78 is 17.1. The molecule has 0 spiro atoms. The topological polar surface area (TPSA) is 164 Å². The van der Waals surface area contributed by atoms with E-state index in [1.54, 1.807) is 18.4 Å². The summed E-state index contributed by atoms with van der Waals surface area (Å²) in [5.74, 6) is 7.05. The minimum absolute atomic E-state index is 0.196. The zero-order valence-corrected chi connectivity index (χ0v) is 21.8. The van der Waals surface area contributed by atoms with Crippen molar-refractivity contribution in [3.63, 3.8) is 0 Å². The molecule has 0 radical (unpaired) electrons. The minimum Gasteiger partial charge on any atom is -0.438 e. The molecular formula is C25H36N6O6. The number of carbonyl (C=O) groups is 2. The standard InChI is InChI=1S/C25H36N6O6/c1-5-27-24(33)21(15(2)32)37-16(3)31-14-28-20-22(26)29-19(30-23(20)31)8-6-7-17-9-11-18(12-10-17)13-36-25(34)35-4/h14-18,21,32H,5,7,9-13H2,1-4H3,(H,27,33)(H2,26,29,30)/t15?,16-,17-,18-,21+/m1/s1. The maximum atomic E-state index is 12.3. The molecule has 12 heteroatoms. The molecule has 1 aliphatic carbocycles. The van der Waals surface area contributed by atoms with Crippen LogP contribution in [0, 0.1) is 23.7 Å². The number of nitrogens with one attached hydrogen (secondary N) is 1. The molecule has 1 unspecified atom stereocenters. The lowest BCUT2D eigenvalue weighted by atomic mass is 9.81. The first-order valence-corrected chi connectivity index (χ1v) is 12.5. The second-order valence-corrected chi connectivity index (χ2v) is 9.21. The van der Waals surface area contributed by atoms with E-state index in [0.717, 1.165) is 25.7 Å². The van der Waals surface area contributed by atoms with Gasteiger partial charge in [0.15, 0.2) is 17.6 Å². The molecule has 4 N–H and O–H groups in total. The molecule has 37 heavy (non-hydrogen) atoms. The van der Waals surface area contributed by atoms with E-state index in [1.165, 1.54) is 20.4 Å². The van der Waals surface area contributed by atoms with Crippen LogP contribution in [0.2, 0.25) is 0 Å². The summed E-state index contributed by atoms with van der Waals surface area (Å²) in [5.41, 5.74) is 6.94. The highest BCUT2D eigenvalue weighted by molar-refractivity contribution is 5.82. The van der Waals surface area contributed by atoms with Crippen molar-refractivity contribution in [1.82, 2.24) is 24.8 Å². The van der Waals surface area contributed by atoms with Crippen LogP contribution >= 0.6 is 0 Å². The van der Waals surface area contributed by atoms with Crippen molar-refractivity contribution in [2.45, 2.75) is 71.3 Å². The number of fused-ring (bicyclic) bond motifs is 1. The molecular weight excluding hydrogens is 480 g/mol. The number of likely N-dealkylation sites (N-methyl/N-ethyl adjacent to an activating group) is 1. The first-order valence-electron chi connectivity index (χ1n) is 12.5. The highest BCUT2D eigenvalue weighted by atomic mass is 16.7. The summed E-state index contributed by atoms with van der Waals surface area (Å²) in [6, 6.07) is 0. The molecule has 0 saturated heterocycles. The Hall–Kier alpha value is -3.43. The van der Waals surface area contributed by atoms with Crippen LogP contribution < -0.4 is 11.1 Å². The second kappa shape index (κ2) is 13.2. The lowest BCUT2D eigenvalue weighted by molar-refractivity contribution is -0.150. The first kappa shape index (κ1) is 28.1. The van der Waals surface area contributed by atoms with Crippen molar-refractivity contribution >= 4 is 29.0 Å². The van der Waals surface area contributed by atoms with Gasteiger partial charge in [-0.1, -0.05) is 5.92 Å². The van der Waals surface area contributed by atoms with Crippen molar-refractivity contribution in [2.24, 2.45) is 11.8 Å². The maximum Gasteiger partial charge on any atom is 0.507 e. The van der Waals surface area contributed by atoms with E-state index in [9.17, 15) is 14.7 Å². The van der Waals surface area contributed by atoms with Crippen molar-refractivity contribution < 1.29 is 28.9 Å². The molecule has 0 aliphatic heterocycles. The fourth-order valence-electron chi connectivity index (χ4n) is 4.33. The van der Waals surface area contributed by atoms with Gasteiger partial charge in [0, 0.05) is 13.0 Å². The van der Waals surface area contributed by atoms with E-state index in [-0.39, 0.29) is 11.6 Å². The van der Waals surface area contributed by atoms with Crippen LogP contribution in [-0.4, -0.2) is 69.2 Å². The number of nitrogen functional groups attached to an aromatic ring is 1. The summed E-state index contributed by atoms with van der Waals surface area (Å²) in [7, 11) is 1.30. The summed E-state index contributed by atoms with van der Waals surface area (Å²) in [5, 5.41) is 12.7. The fraction of sp³-hybridized carbons (Fsp3) is 0.640. The third kappa shape index (κ3) is 7.53. The van der Waals surface area contributed by atoms with Crippen molar-refractivity contribution in [3.05, 3.63) is 12.2 Å². The molecule has 1 amide bonds. The van der Waals surface area contributed by atoms with Gasteiger partial charge in [0.1, 0.15) is 11.7 Å². The van der Waals surface area contributed by atoms with Gasteiger partial charge in [-0.3, -0.25) is 9.36 Å². The summed E-state index contributed by atoms with van der Waals surface area (Å²) in [6.45, 7) is 5.82. The Balaban J connectivity index is 1.65. The Morgan fingerprint density at radius 2 is 1.95 bits per heavy atom. The van der Waals surface area contributed by atoms with Gasteiger partial charge in [0.25, 0.3) is 5.91 Å². The van der Waals surface area contributed by atoms with E-state index < -0.39 is 30.5 Å². The zero-order valence-electron chi connectivity index (χ0n) is 21.8. The van der Waals surface area contributed by atoms with E-state index >= 15 is 0 Å². The lowest BCUT2D eigenvalue weighted by Gasteiger charge is -2.26. The average Bonchev–Trinajstić information content (AvgIpc) is 3.31. The molecule has 2 aromatic rings. The number of nitrogens with zero attached hydrogens (tertiary/aromatic N) is 4. The molecule has 3 atom stereocenters. The number of hydrogen-bond donors (Lipinski definition) is 3. The Kier molecular flexibility index (Phi) is 10.0. The Labute approximate surface area is 216 Å². The van der Waals surface area contributed by atoms with Crippen LogP contribution in [0.1, 0.15) is 64.9 Å². The van der Waals surface area contributed by atoms with Crippen LogP contribution in [-0.2, 0) is 19.0 Å². The number of methoxy groups -OCH3 is 1. The number of ether oxygens (including phenoxy) is 3. The molecule has 2 heterocycles. The summed E-state index contributed by atoms with van der Waals surface area (Å²) in [4.78, 5) is 36.5. The van der Waals surface area contributed by atoms with Gasteiger partial charge in [-0.15, -0.1) is 0 Å². The van der Waals surface area contributed by atoms with Gasteiger partial charge in [0.2, 0.25) is 5.82 Å². The molecule has 1 aliphatic rings. The van der Waals surface area contributed by atoms with Gasteiger partial charge in [0.05, 0.1) is 26.1 Å². The van der Waals surface area contributed by atoms with Crippen LogP contribution in [0.15, 0.2) is 6.33 Å². The number of rotatable bonds is 9. The third-order valence-corrected chi connectivity index (χ3v) is 6.39. The van der Waals surface area contributed by atoms with Gasteiger partial charge in [-0.25, -0.2) is 19.7 Å². The molecule has 0 aromatic carbocycles. The number of amides is 1. The smallest absolute Gasteiger partial charge is 0.438 e. The van der Waals surface area contributed by atoms with E-state index in [2.05, 4.69) is 36.8 Å². The normalized spacial score (nSPS) is 19.8. The first-order chi connectivity index (χ1) is 17.7. The largest absolute Gasteiger partial charge is 0.507 e. The summed E-state index contributed by atoms with van der Waals surface area (Å²) >= 11 is 0. The number of hydrogen-bond acceptors (Lipinski definition) is 10. The average molecular weight is 517 g/mol. The van der Waals surface area contributed by atoms with Gasteiger partial charge in [-0.2, -0.15) is 0 Å². The highest BCUT2D eigenvalue weighted by Crippen LogP contribution is 2.31. The Bertz CT molecular complexity index is 1130. The fourth-order valence-corrected chi connectivity index (χ4v) is 4.33. The molecule has 202 valence electrons. The Morgan fingerprint density at radius 1 is 1.24 bits per heavy atom. The van der Waals surface area contributed by atoms with Crippen LogP contribution in [0.5, 0.6) is 0 Å². The maximum absolute atomic E-state index is 12.3. The number of carbonyl (C=O) groups excluding carboxylic acids is 2. The Morgan fingerprint density at radius 3 is 2.59 bits per heavy atom. The monoisotopic (exact) mass is 516 g/mol. The number of anilines is 1. The van der Waals surface area contributed by atoms with Gasteiger partial charge in [-0.05, 0) is 64.2 Å². The molecule has 1 saturated carbocycles. The zero-order chi connectivity index (χ0) is 26.9. The SMILES string of the molecule is CCNC(=O)[C@@H](O[C@H](C)n1cnc2c(N)nc(C#CC[C@H]3CC[C@H](COC(=O)OC)CC3)nc21)C(C)O. The molecule has 2 aromatic heterocycles. The third-order valence-electron chi connectivity index (χ3n) is 6.39. The second-order valence-electron chi connectivity index (χ2n) is 9.21. The van der Waals surface area contributed by atoms with Crippen molar-refractivity contribution in [1.29, 1.82) is 0 Å². The highest BCUT2D eigenvalue weighted by Gasteiger charge is 2.28. The van der Waals surface area contributed by atoms with E-state index in [0.29, 0.717) is 42.6 Å². The van der Waals surface area contributed by atoms with Gasteiger partial charge >= 0.3 is 6.16 Å². The number of aromatic nitrogens is 4. The van der Waals surface area contributed by atoms with E-state index in [1.807, 2.05) is 0 Å². The van der Waals surface area contributed by atoms with Crippen molar-refractivity contribution in [2.75, 3.05) is 26.0 Å². The number of nitrogens with two attached hydrogens (primary N) is 1. The van der Waals surface area contributed by atoms with Gasteiger partial charge < -0.3 is 30.4 Å². The quantitative estimate of drug-likeness (QED) is 0.332. The predicted octanol–water partition coefficient (Wildman–Crippen LogP) is 2.16. The van der Waals surface area contributed by atoms with E-state index in [4.69, 9.17) is 15.2 Å².